The quantitative estimate of drug-likeness (QED) is 0.170. The van der Waals surface area contributed by atoms with E-state index in [4.69, 9.17) is 9.73 Å². The highest BCUT2D eigenvalue weighted by atomic mass is 16.5. The lowest BCUT2D eigenvalue weighted by atomic mass is 9.83. The summed E-state index contributed by atoms with van der Waals surface area (Å²) in [5.41, 5.74) is 12.5. The van der Waals surface area contributed by atoms with Crippen molar-refractivity contribution >= 4 is 39.7 Å². The second kappa shape index (κ2) is 14.4. The van der Waals surface area contributed by atoms with Crippen LogP contribution in [-0.4, -0.2) is 5.84 Å². The first kappa shape index (κ1) is 34.1. The number of aliphatic imine (C=N–C) groups is 1. The molecule has 2 N–H and O–H groups in total. The standard InChI is InChI=1S/C53H40N4O/c1-4-15-37(16-5-1)51-54-52(38-17-6-2-7-18-38)56-53(55-51)42-32-46(50-48(33-42)47-31-40-20-12-13-21-41(40)34-49(47)58-50)36-25-27-44(28-26-36)57(43-22-8-3-9-23-43)45-29-24-35-14-10-11-19-39(35)30-45/h1-30,32-34,47,51-52,54H,31H2,(H,55,56). The zero-order chi connectivity index (χ0) is 38.4. The smallest absolute Gasteiger partial charge is 0.138 e. The largest absolute Gasteiger partial charge is 0.460 e. The van der Waals surface area contributed by atoms with Gasteiger partial charge in [-0.15, -0.1) is 0 Å². The van der Waals surface area contributed by atoms with Crippen molar-refractivity contribution in [1.82, 2.24) is 10.6 Å². The van der Waals surface area contributed by atoms with Crippen molar-refractivity contribution in [2.24, 2.45) is 4.99 Å². The van der Waals surface area contributed by atoms with Crippen LogP contribution >= 0.6 is 0 Å². The molecule has 0 saturated carbocycles. The third-order valence-corrected chi connectivity index (χ3v) is 11.7. The van der Waals surface area contributed by atoms with Gasteiger partial charge in [-0.1, -0.05) is 146 Å². The van der Waals surface area contributed by atoms with Gasteiger partial charge in [0.25, 0.3) is 0 Å². The molecule has 0 bridgehead atoms. The molecule has 1 aliphatic carbocycles. The van der Waals surface area contributed by atoms with Crippen LogP contribution in [0.4, 0.5) is 17.1 Å². The van der Waals surface area contributed by atoms with Crippen molar-refractivity contribution in [3.05, 3.63) is 233 Å². The van der Waals surface area contributed by atoms with Gasteiger partial charge < -0.3 is 15.0 Å². The zero-order valence-corrected chi connectivity index (χ0v) is 31.8. The average Bonchev–Trinajstić information content (AvgIpc) is 3.66. The molecule has 58 heavy (non-hydrogen) atoms. The van der Waals surface area contributed by atoms with E-state index in [1.807, 2.05) is 0 Å². The Hall–Kier alpha value is -7.21. The number of para-hydroxylation sites is 1. The Labute approximate surface area is 338 Å². The molecule has 3 atom stereocenters. The Kier molecular flexibility index (Phi) is 8.45. The van der Waals surface area contributed by atoms with Gasteiger partial charge in [0.15, 0.2) is 0 Å². The lowest BCUT2D eigenvalue weighted by Crippen LogP contribution is -2.45. The lowest BCUT2D eigenvalue weighted by molar-refractivity contribution is 0.409. The van der Waals surface area contributed by atoms with Crippen LogP contribution in [-0.2, 0) is 6.42 Å². The predicted molar refractivity (Wildman–Crippen MR) is 237 cm³/mol. The first-order valence-electron chi connectivity index (χ1n) is 20.0. The van der Waals surface area contributed by atoms with Crippen molar-refractivity contribution in [1.29, 1.82) is 0 Å². The molecule has 0 aromatic heterocycles. The fourth-order valence-corrected chi connectivity index (χ4v) is 8.75. The first-order valence-corrected chi connectivity index (χ1v) is 20.0. The van der Waals surface area contributed by atoms with E-state index in [1.165, 1.54) is 27.5 Å². The van der Waals surface area contributed by atoms with Gasteiger partial charge >= 0.3 is 0 Å². The van der Waals surface area contributed by atoms with E-state index in [9.17, 15) is 0 Å². The van der Waals surface area contributed by atoms with Crippen LogP contribution in [0.3, 0.4) is 0 Å². The summed E-state index contributed by atoms with van der Waals surface area (Å²) in [6.07, 6.45) is 2.75. The Morgan fingerprint density at radius 1 is 0.552 bits per heavy atom. The molecule has 0 saturated heterocycles. The van der Waals surface area contributed by atoms with Gasteiger partial charge in [-0.05, 0) is 99.6 Å². The molecule has 11 rings (SSSR count). The number of benzene rings is 8. The first-order chi connectivity index (χ1) is 28.7. The maximum absolute atomic E-state index is 6.91. The van der Waals surface area contributed by atoms with E-state index < -0.39 is 0 Å². The Bertz CT molecular complexity index is 2850. The summed E-state index contributed by atoms with van der Waals surface area (Å²) < 4.78 is 6.91. The van der Waals surface area contributed by atoms with E-state index in [1.54, 1.807) is 0 Å². The summed E-state index contributed by atoms with van der Waals surface area (Å²) in [4.78, 5) is 7.68. The maximum Gasteiger partial charge on any atom is 0.138 e. The fraction of sp³-hybridized carbons (Fsp3) is 0.0755. The fourth-order valence-electron chi connectivity index (χ4n) is 8.75. The summed E-state index contributed by atoms with van der Waals surface area (Å²) in [7, 11) is 0. The lowest BCUT2D eigenvalue weighted by Gasteiger charge is -2.32. The minimum absolute atomic E-state index is 0.113. The predicted octanol–water partition coefficient (Wildman–Crippen LogP) is 12.4. The number of hydrogen-bond donors (Lipinski definition) is 2. The number of nitrogens with zero attached hydrogens (tertiary/aromatic N) is 2. The topological polar surface area (TPSA) is 48.9 Å². The summed E-state index contributed by atoms with van der Waals surface area (Å²) in [6, 6.07) is 69.0. The number of amidine groups is 1. The molecule has 0 spiro atoms. The molecule has 3 unspecified atom stereocenters. The van der Waals surface area contributed by atoms with Crippen molar-refractivity contribution in [2.45, 2.75) is 24.7 Å². The van der Waals surface area contributed by atoms with Gasteiger partial charge in [0, 0.05) is 39.7 Å². The van der Waals surface area contributed by atoms with Crippen LogP contribution in [0.1, 0.15) is 51.6 Å². The van der Waals surface area contributed by atoms with Gasteiger partial charge in [0.05, 0.1) is 0 Å². The van der Waals surface area contributed by atoms with Crippen molar-refractivity contribution in [2.75, 3.05) is 4.90 Å². The number of hydrogen-bond acceptors (Lipinski definition) is 5. The van der Waals surface area contributed by atoms with Crippen molar-refractivity contribution < 1.29 is 4.74 Å². The van der Waals surface area contributed by atoms with Crippen LogP contribution in [0.15, 0.2) is 205 Å². The Balaban J connectivity index is 1.04. The third-order valence-electron chi connectivity index (χ3n) is 11.7. The molecule has 3 aliphatic rings. The van der Waals surface area contributed by atoms with Gasteiger partial charge in [-0.2, -0.15) is 0 Å². The summed E-state index contributed by atoms with van der Waals surface area (Å²) in [5, 5.41) is 9.98. The Morgan fingerprint density at radius 3 is 2.00 bits per heavy atom. The van der Waals surface area contributed by atoms with Crippen LogP contribution in [0.2, 0.25) is 0 Å². The molecule has 2 heterocycles. The molecule has 5 nitrogen and oxygen atoms in total. The minimum atomic E-state index is -0.231. The minimum Gasteiger partial charge on any atom is -0.460 e. The van der Waals surface area contributed by atoms with Gasteiger partial charge in [-0.3, -0.25) is 5.32 Å². The highest BCUT2D eigenvalue weighted by Crippen LogP contribution is 2.51. The van der Waals surface area contributed by atoms with Crippen LogP contribution < -0.4 is 20.3 Å². The highest BCUT2D eigenvalue weighted by molar-refractivity contribution is 6.02. The normalized spacial score (nSPS) is 17.8. The number of ether oxygens (including phenoxy) is 1. The molecule has 5 heteroatoms. The second-order valence-corrected chi connectivity index (χ2v) is 15.2. The van der Waals surface area contributed by atoms with Gasteiger partial charge in [0.2, 0.25) is 0 Å². The van der Waals surface area contributed by atoms with Crippen LogP contribution in [0.5, 0.6) is 5.75 Å². The van der Waals surface area contributed by atoms with Crippen molar-refractivity contribution in [3.8, 4) is 16.9 Å². The van der Waals surface area contributed by atoms with Gasteiger partial charge in [-0.25, -0.2) is 4.99 Å². The second-order valence-electron chi connectivity index (χ2n) is 15.2. The molecule has 0 amide bonds. The van der Waals surface area contributed by atoms with Crippen LogP contribution in [0.25, 0.3) is 28.0 Å². The molecule has 278 valence electrons. The number of nitrogens with one attached hydrogen (secondary N) is 2. The number of rotatable bonds is 7. The van der Waals surface area contributed by atoms with E-state index in [0.717, 1.165) is 68.6 Å². The molecule has 8 aromatic rings. The molecule has 0 radical (unpaired) electrons. The number of anilines is 3. The number of allylic oxidation sites excluding steroid dienone is 1. The molecule has 0 fully saturated rings. The Morgan fingerprint density at radius 2 is 1.21 bits per heavy atom. The van der Waals surface area contributed by atoms with E-state index in [0.29, 0.717) is 0 Å². The molecular formula is C53H40N4O. The summed E-state index contributed by atoms with van der Waals surface area (Å²) >= 11 is 0. The third kappa shape index (κ3) is 6.23. The van der Waals surface area contributed by atoms with E-state index >= 15 is 0 Å². The monoisotopic (exact) mass is 748 g/mol. The SMILES string of the molecule is C1=C2Oc3c(-c4ccc(N(c5ccccc5)c5ccc6ccccc6c5)cc4)cc(C4=NC(c5ccccc5)NC(c5ccccc5)N4)cc3C2Cc2ccccc21. The maximum atomic E-state index is 6.91. The van der Waals surface area contributed by atoms with E-state index in [2.05, 4.69) is 216 Å². The molecule has 8 aromatic carbocycles. The number of fused-ring (bicyclic) bond motifs is 5. The molecular weight excluding hydrogens is 709 g/mol. The van der Waals surface area contributed by atoms with E-state index in [-0.39, 0.29) is 18.2 Å². The summed E-state index contributed by atoms with van der Waals surface area (Å²) in [5.74, 6) is 2.88. The van der Waals surface area contributed by atoms with Gasteiger partial charge in [0.1, 0.15) is 29.7 Å². The summed E-state index contributed by atoms with van der Waals surface area (Å²) in [6.45, 7) is 0. The average molecular weight is 749 g/mol. The highest BCUT2D eigenvalue weighted by Gasteiger charge is 2.36. The van der Waals surface area contributed by atoms with Crippen molar-refractivity contribution in [3.63, 3.8) is 0 Å². The zero-order valence-electron chi connectivity index (χ0n) is 31.8. The molecule has 2 aliphatic heterocycles. The van der Waals surface area contributed by atoms with Crippen LogP contribution in [0, 0.1) is 0 Å².